The fraction of sp³-hybridized carbons (Fsp3) is 0.324. The summed E-state index contributed by atoms with van der Waals surface area (Å²) in [7, 11) is 1.49. The third-order valence-corrected chi connectivity index (χ3v) is 9.75. The molecule has 2 aliphatic heterocycles. The van der Waals surface area contributed by atoms with Crippen LogP contribution in [0.4, 0.5) is 10.1 Å². The number of amides is 1. The standard InChI is InChI=1S/C37H39FN6O3/c1-3-43-17-13-37(22-43)14-18-44(23-37)16-12-24-6-9-27(10-7-24)40-35(46)25-8-11-31-32(21-25)42-34(41-31)29-19-26(20-30(38)33(29)45)28-5-4-15-39-36(28)47-2/h4-11,15,19-21,45H,3,12-14,16-18,22-23H2,1-2H3,(H,40,46)(H,41,42). The molecule has 1 atom stereocenters. The number of aromatic hydroxyl groups is 1. The van der Waals surface area contributed by atoms with Gasteiger partial charge in [0, 0.05) is 42.6 Å². The van der Waals surface area contributed by atoms with Crippen molar-refractivity contribution >= 4 is 22.6 Å². The van der Waals surface area contributed by atoms with Crippen LogP contribution >= 0.6 is 0 Å². The quantitative estimate of drug-likeness (QED) is 0.173. The lowest BCUT2D eigenvalue weighted by molar-refractivity contribution is 0.102. The van der Waals surface area contributed by atoms with E-state index in [0.29, 0.717) is 39.0 Å². The van der Waals surface area contributed by atoms with E-state index in [1.54, 1.807) is 42.6 Å². The zero-order chi connectivity index (χ0) is 32.5. The molecule has 3 aromatic carbocycles. The topological polar surface area (TPSA) is 107 Å². The Morgan fingerprint density at radius 3 is 2.60 bits per heavy atom. The summed E-state index contributed by atoms with van der Waals surface area (Å²) in [6.07, 6.45) is 5.19. The second-order valence-corrected chi connectivity index (χ2v) is 12.8. The highest BCUT2D eigenvalue weighted by Gasteiger charge is 2.42. The molecule has 4 heterocycles. The number of pyridine rings is 1. The maximum atomic E-state index is 14.9. The first-order chi connectivity index (χ1) is 22.8. The Labute approximate surface area is 273 Å². The first-order valence-corrected chi connectivity index (χ1v) is 16.2. The van der Waals surface area contributed by atoms with Gasteiger partial charge in [0.15, 0.2) is 11.6 Å². The predicted molar refractivity (Wildman–Crippen MR) is 181 cm³/mol. The molecular formula is C37H39FN6O3. The Balaban J connectivity index is 1.01. The number of hydrogen-bond acceptors (Lipinski definition) is 7. The van der Waals surface area contributed by atoms with Gasteiger partial charge in [0.25, 0.3) is 5.91 Å². The van der Waals surface area contributed by atoms with E-state index in [-0.39, 0.29) is 17.3 Å². The van der Waals surface area contributed by atoms with E-state index in [1.807, 2.05) is 12.1 Å². The zero-order valence-electron chi connectivity index (χ0n) is 26.7. The number of aromatic amines is 1. The van der Waals surface area contributed by atoms with Crippen molar-refractivity contribution in [3.8, 4) is 34.1 Å². The zero-order valence-corrected chi connectivity index (χ0v) is 26.7. The molecular weight excluding hydrogens is 595 g/mol. The number of aromatic nitrogens is 3. The number of phenolic OH excluding ortho intramolecular Hbond substituents is 1. The highest BCUT2D eigenvalue weighted by Crippen LogP contribution is 2.40. The molecule has 1 spiro atoms. The lowest BCUT2D eigenvalue weighted by Gasteiger charge is -2.24. The fourth-order valence-corrected chi connectivity index (χ4v) is 7.08. The molecule has 2 aromatic heterocycles. The number of carbonyl (C=O) groups excluding carboxylic acids is 1. The highest BCUT2D eigenvalue weighted by molar-refractivity contribution is 6.06. The number of nitrogens with zero attached hydrogens (tertiary/aromatic N) is 4. The molecule has 47 heavy (non-hydrogen) atoms. The lowest BCUT2D eigenvalue weighted by Crippen LogP contribution is -2.31. The summed E-state index contributed by atoms with van der Waals surface area (Å²) < 4.78 is 20.2. The van der Waals surface area contributed by atoms with Crippen LogP contribution in [-0.2, 0) is 6.42 Å². The van der Waals surface area contributed by atoms with Crippen LogP contribution in [0.2, 0.25) is 0 Å². The maximum Gasteiger partial charge on any atom is 0.255 e. The molecule has 0 radical (unpaired) electrons. The van der Waals surface area contributed by atoms with Crippen molar-refractivity contribution in [3.05, 3.63) is 89.9 Å². The fourth-order valence-electron chi connectivity index (χ4n) is 7.08. The summed E-state index contributed by atoms with van der Waals surface area (Å²) in [6.45, 7) is 9.31. The first-order valence-electron chi connectivity index (χ1n) is 16.2. The molecule has 3 N–H and O–H groups in total. The molecule has 242 valence electrons. The number of nitrogens with one attached hydrogen (secondary N) is 2. The number of benzene rings is 3. The monoisotopic (exact) mass is 634 g/mol. The van der Waals surface area contributed by atoms with Gasteiger partial charge >= 0.3 is 0 Å². The molecule has 0 aliphatic carbocycles. The number of phenols is 1. The van der Waals surface area contributed by atoms with Crippen LogP contribution in [0.25, 0.3) is 33.5 Å². The van der Waals surface area contributed by atoms with Gasteiger partial charge in [-0.2, -0.15) is 0 Å². The number of rotatable bonds is 9. The summed E-state index contributed by atoms with van der Waals surface area (Å²) >= 11 is 0. The molecule has 2 saturated heterocycles. The van der Waals surface area contributed by atoms with Gasteiger partial charge in [-0.15, -0.1) is 0 Å². The summed E-state index contributed by atoms with van der Waals surface area (Å²) in [5, 5.41) is 13.6. The number of methoxy groups -OCH3 is 1. The van der Waals surface area contributed by atoms with Crippen LogP contribution in [0.15, 0.2) is 72.9 Å². The molecule has 7 rings (SSSR count). The molecule has 2 aliphatic rings. The Kier molecular flexibility index (Phi) is 8.38. The SMILES string of the molecule is CCN1CCC2(CCN(CCc3ccc(NC(=O)c4ccc5[nH]c(-c6cc(-c7cccnc7OC)cc(F)c6O)nc5c4)cc3)C2)C1. The van der Waals surface area contributed by atoms with E-state index < -0.39 is 11.6 Å². The van der Waals surface area contributed by atoms with E-state index in [1.165, 1.54) is 57.8 Å². The molecule has 1 amide bonds. The van der Waals surface area contributed by atoms with Gasteiger partial charge in [0.05, 0.1) is 23.7 Å². The summed E-state index contributed by atoms with van der Waals surface area (Å²) in [6, 6.07) is 19.5. The second kappa shape index (κ2) is 12.8. The molecule has 0 bridgehead atoms. The summed E-state index contributed by atoms with van der Waals surface area (Å²) in [5.41, 5.74) is 5.27. The number of ether oxygens (including phenoxy) is 1. The number of carbonyl (C=O) groups is 1. The van der Waals surface area contributed by atoms with Crippen molar-refractivity contribution in [1.82, 2.24) is 24.8 Å². The van der Waals surface area contributed by atoms with Crippen LogP contribution in [0.5, 0.6) is 11.6 Å². The van der Waals surface area contributed by atoms with Gasteiger partial charge in [-0.3, -0.25) is 4.79 Å². The van der Waals surface area contributed by atoms with Crippen molar-refractivity contribution in [2.24, 2.45) is 5.41 Å². The van der Waals surface area contributed by atoms with Gasteiger partial charge in [-0.05, 0) is 110 Å². The number of H-pyrrole nitrogens is 1. The van der Waals surface area contributed by atoms with E-state index in [4.69, 9.17) is 4.74 Å². The Morgan fingerprint density at radius 2 is 1.83 bits per heavy atom. The third-order valence-electron chi connectivity index (χ3n) is 9.75. The minimum atomic E-state index is -0.799. The predicted octanol–water partition coefficient (Wildman–Crippen LogP) is 6.36. The third kappa shape index (κ3) is 6.31. The van der Waals surface area contributed by atoms with Gasteiger partial charge in [0.2, 0.25) is 5.88 Å². The van der Waals surface area contributed by atoms with E-state index in [9.17, 15) is 14.3 Å². The van der Waals surface area contributed by atoms with Crippen LogP contribution in [0.3, 0.4) is 0 Å². The molecule has 10 heteroatoms. The summed E-state index contributed by atoms with van der Waals surface area (Å²) in [4.78, 5) is 30.3. The minimum Gasteiger partial charge on any atom is -0.504 e. The van der Waals surface area contributed by atoms with Crippen LogP contribution < -0.4 is 10.1 Å². The van der Waals surface area contributed by atoms with Crippen LogP contribution in [-0.4, -0.2) is 82.1 Å². The van der Waals surface area contributed by atoms with Crippen LogP contribution in [0, 0.1) is 11.2 Å². The average molecular weight is 635 g/mol. The number of imidazole rings is 1. The Hall–Kier alpha value is -4.80. The van der Waals surface area contributed by atoms with Crippen molar-refractivity contribution in [2.75, 3.05) is 51.7 Å². The van der Waals surface area contributed by atoms with Crippen LogP contribution in [0.1, 0.15) is 35.7 Å². The van der Waals surface area contributed by atoms with Gasteiger partial charge < -0.3 is 29.9 Å². The van der Waals surface area contributed by atoms with Crippen molar-refractivity contribution < 1.29 is 19.0 Å². The Morgan fingerprint density at radius 1 is 1.04 bits per heavy atom. The average Bonchev–Trinajstić information content (AvgIpc) is 3.83. The number of likely N-dealkylation sites (tertiary alicyclic amines) is 2. The number of anilines is 1. The van der Waals surface area contributed by atoms with Gasteiger partial charge in [-0.25, -0.2) is 14.4 Å². The Bertz CT molecular complexity index is 1930. The molecule has 5 aromatic rings. The van der Waals surface area contributed by atoms with Gasteiger partial charge in [-0.1, -0.05) is 19.1 Å². The molecule has 0 saturated carbocycles. The lowest BCUT2D eigenvalue weighted by atomic mass is 9.86. The van der Waals surface area contributed by atoms with E-state index >= 15 is 0 Å². The summed E-state index contributed by atoms with van der Waals surface area (Å²) in [5.74, 6) is -0.986. The normalized spacial score (nSPS) is 18.4. The van der Waals surface area contributed by atoms with Crippen molar-refractivity contribution in [1.29, 1.82) is 0 Å². The maximum absolute atomic E-state index is 14.9. The van der Waals surface area contributed by atoms with Gasteiger partial charge in [0.1, 0.15) is 5.82 Å². The number of hydrogen-bond donors (Lipinski definition) is 3. The molecule has 1 unspecified atom stereocenters. The largest absolute Gasteiger partial charge is 0.504 e. The number of fused-ring (bicyclic) bond motifs is 1. The van der Waals surface area contributed by atoms with Crippen molar-refractivity contribution in [3.63, 3.8) is 0 Å². The number of halogens is 1. The molecule has 9 nitrogen and oxygen atoms in total. The van der Waals surface area contributed by atoms with E-state index in [2.05, 4.69) is 49.1 Å². The highest BCUT2D eigenvalue weighted by atomic mass is 19.1. The smallest absolute Gasteiger partial charge is 0.255 e. The molecule has 2 fully saturated rings. The van der Waals surface area contributed by atoms with E-state index in [0.717, 1.165) is 25.2 Å². The first kappa shape index (κ1) is 30.8. The minimum absolute atomic E-state index is 0.180. The van der Waals surface area contributed by atoms with Crippen molar-refractivity contribution in [2.45, 2.75) is 26.2 Å². The second-order valence-electron chi connectivity index (χ2n) is 12.8.